The van der Waals surface area contributed by atoms with Crippen molar-refractivity contribution in [1.29, 1.82) is 0 Å². The van der Waals surface area contributed by atoms with Crippen LogP contribution in [-0.2, 0) is 10.0 Å². The second kappa shape index (κ2) is 7.27. The number of H-pyrrole nitrogens is 1. The Labute approximate surface area is 160 Å². The van der Waals surface area contributed by atoms with Gasteiger partial charge in [-0.25, -0.2) is 27.2 Å². The monoisotopic (exact) mass is 408 g/mol. The first-order chi connectivity index (χ1) is 13.1. The highest BCUT2D eigenvalue weighted by Crippen LogP contribution is 2.28. The normalized spacial score (nSPS) is 13.1. The maximum Gasteiger partial charge on any atom is 0.235 e. The van der Waals surface area contributed by atoms with Gasteiger partial charge >= 0.3 is 0 Å². The van der Waals surface area contributed by atoms with Crippen LogP contribution in [0.5, 0.6) is 0 Å². The van der Waals surface area contributed by atoms with Crippen LogP contribution < -0.4 is 4.72 Å². The van der Waals surface area contributed by atoms with Crippen LogP contribution >= 0.6 is 0 Å². The van der Waals surface area contributed by atoms with E-state index in [0.29, 0.717) is 11.0 Å². The van der Waals surface area contributed by atoms with Crippen molar-refractivity contribution in [3.05, 3.63) is 53.6 Å². The van der Waals surface area contributed by atoms with E-state index < -0.39 is 43.9 Å². The highest BCUT2D eigenvalue weighted by molar-refractivity contribution is 7.93. The predicted molar refractivity (Wildman–Crippen MR) is 101 cm³/mol. The number of hydrogen-bond donors (Lipinski definition) is 2. The van der Waals surface area contributed by atoms with Crippen molar-refractivity contribution in [2.24, 2.45) is 5.92 Å². The Morgan fingerprint density at radius 2 is 1.93 bits per heavy atom. The maximum absolute atomic E-state index is 14.9. The molecule has 1 atom stereocenters. The molecule has 3 aromatic rings. The van der Waals surface area contributed by atoms with Crippen molar-refractivity contribution in [3.8, 4) is 0 Å². The average Bonchev–Trinajstić information content (AvgIpc) is 3.07. The standard InChI is InChI=1S/C18H18F2N4O3S/c1-9(2)10(3)28(26,27)24-14-5-4-13(19)15(16(14)20)17(25)11-7-22-18-12(11)6-21-8-23-18/h4-10,24H,1-3H3,(H,21,22,23). The van der Waals surface area contributed by atoms with Gasteiger partial charge in [-0.3, -0.25) is 9.52 Å². The third-order valence-corrected chi connectivity index (χ3v) is 6.63. The van der Waals surface area contributed by atoms with Crippen molar-refractivity contribution < 1.29 is 22.0 Å². The summed E-state index contributed by atoms with van der Waals surface area (Å²) < 4.78 is 56.1. The molecule has 7 nitrogen and oxygen atoms in total. The number of rotatable bonds is 6. The van der Waals surface area contributed by atoms with Gasteiger partial charge in [0.25, 0.3) is 0 Å². The van der Waals surface area contributed by atoms with Gasteiger partial charge < -0.3 is 4.98 Å². The number of aromatic nitrogens is 3. The van der Waals surface area contributed by atoms with Crippen molar-refractivity contribution >= 4 is 32.5 Å². The first-order valence-electron chi connectivity index (χ1n) is 8.45. The van der Waals surface area contributed by atoms with E-state index in [1.54, 1.807) is 13.8 Å². The molecule has 0 fully saturated rings. The minimum atomic E-state index is -3.93. The number of nitrogens with one attached hydrogen (secondary N) is 2. The average molecular weight is 408 g/mol. The summed E-state index contributed by atoms with van der Waals surface area (Å²) in [5.74, 6) is -3.56. The second-order valence-electron chi connectivity index (χ2n) is 6.70. The Hall–Kier alpha value is -2.88. The number of carbonyl (C=O) groups excluding carboxylic acids is 1. The number of ketones is 1. The molecule has 2 aromatic heterocycles. The molecule has 10 heteroatoms. The Balaban J connectivity index is 2.06. The zero-order valence-corrected chi connectivity index (χ0v) is 16.1. The summed E-state index contributed by atoms with van der Waals surface area (Å²) in [5.41, 5.74) is -1.04. The van der Waals surface area contributed by atoms with Crippen molar-refractivity contribution in [2.45, 2.75) is 26.0 Å². The molecule has 0 radical (unpaired) electrons. The number of aromatic amines is 1. The van der Waals surface area contributed by atoms with E-state index in [9.17, 15) is 22.0 Å². The quantitative estimate of drug-likeness (QED) is 0.609. The van der Waals surface area contributed by atoms with Gasteiger partial charge in [0.05, 0.1) is 22.1 Å². The number of benzene rings is 1. The van der Waals surface area contributed by atoms with E-state index in [1.165, 1.54) is 25.6 Å². The van der Waals surface area contributed by atoms with Crippen LogP contribution in [0.25, 0.3) is 11.0 Å². The molecule has 0 bridgehead atoms. The fraction of sp³-hybridized carbons (Fsp3) is 0.278. The number of sulfonamides is 1. The first-order valence-corrected chi connectivity index (χ1v) is 9.99. The number of hydrogen-bond acceptors (Lipinski definition) is 5. The van der Waals surface area contributed by atoms with Crippen LogP contribution in [0.15, 0.2) is 30.9 Å². The van der Waals surface area contributed by atoms with E-state index in [0.717, 1.165) is 12.1 Å². The Bertz CT molecular complexity index is 1160. The van der Waals surface area contributed by atoms with Crippen LogP contribution in [0, 0.1) is 17.6 Å². The molecule has 2 heterocycles. The zero-order chi connectivity index (χ0) is 20.6. The van der Waals surface area contributed by atoms with E-state index in [1.807, 2.05) is 0 Å². The number of carbonyl (C=O) groups is 1. The predicted octanol–water partition coefficient (Wildman–Crippen LogP) is 3.25. The summed E-state index contributed by atoms with van der Waals surface area (Å²) in [6, 6.07) is 1.80. The molecule has 148 valence electrons. The molecule has 0 spiro atoms. The van der Waals surface area contributed by atoms with Gasteiger partial charge in [-0.15, -0.1) is 0 Å². The van der Waals surface area contributed by atoms with E-state index in [2.05, 4.69) is 19.7 Å². The molecule has 2 N–H and O–H groups in total. The third-order valence-electron chi connectivity index (χ3n) is 4.60. The van der Waals surface area contributed by atoms with Crippen LogP contribution in [0.1, 0.15) is 36.7 Å². The molecule has 0 aliphatic carbocycles. The molecular formula is C18H18F2N4O3S. The van der Waals surface area contributed by atoms with Crippen LogP contribution in [0.4, 0.5) is 14.5 Å². The largest absolute Gasteiger partial charge is 0.345 e. The molecule has 0 saturated carbocycles. The van der Waals surface area contributed by atoms with E-state index in [-0.39, 0.29) is 11.5 Å². The van der Waals surface area contributed by atoms with Crippen molar-refractivity contribution in [1.82, 2.24) is 15.0 Å². The Kier molecular flexibility index (Phi) is 5.16. The summed E-state index contributed by atoms with van der Waals surface area (Å²) in [4.78, 5) is 23.3. The summed E-state index contributed by atoms with van der Waals surface area (Å²) in [7, 11) is -3.93. The highest BCUT2D eigenvalue weighted by Gasteiger charge is 2.28. The minimum absolute atomic E-state index is 0.0241. The number of fused-ring (bicyclic) bond motifs is 1. The second-order valence-corrected chi connectivity index (χ2v) is 8.73. The van der Waals surface area contributed by atoms with Gasteiger partial charge in [0.2, 0.25) is 15.8 Å². The molecule has 28 heavy (non-hydrogen) atoms. The highest BCUT2D eigenvalue weighted by atomic mass is 32.2. The van der Waals surface area contributed by atoms with E-state index >= 15 is 0 Å². The Morgan fingerprint density at radius 1 is 1.21 bits per heavy atom. The third kappa shape index (κ3) is 3.47. The number of halogens is 2. The SMILES string of the molecule is CC(C)C(C)S(=O)(=O)Nc1ccc(F)c(C(=O)c2c[nH]c3ncncc23)c1F. The summed E-state index contributed by atoms with van der Waals surface area (Å²) in [5, 5.41) is -0.521. The fourth-order valence-electron chi connectivity index (χ4n) is 2.63. The molecular weight excluding hydrogens is 390 g/mol. The molecule has 1 unspecified atom stereocenters. The smallest absolute Gasteiger partial charge is 0.235 e. The first kappa shape index (κ1) is 19.9. The van der Waals surface area contributed by atoms with Crippen LogP contribution in [-0.4, -0.2) is 34.4 Å². The molecule has 0 saturated heterocycles. The molecule has 3 rings (SSSR count). The maximum atomic E-state index is 14.9. The lowest BCUT2D eigenvalue weighted by atomic mass is 10.0. The fourth-order valence-corrected chi connectivity index (χ4v) is 3.99. The molecule has 0 amide bonds. The van der Waals surface area contributed by atoms with Gasteiger partial charge in [-0.05, 0) is 25.0 Å². The lowest BCUT2D eigenvalue weighted by Gasteiger charge is -2.18. The van der Waals surface area contributed by atoms with Crippen LogP contribution in [0.2, 0.25) is 0 Å². The molecule has 1 aromatic carbocycles. The summed E-state index contributed by atoms with van der Waals surface area (Å²) >= 11 is 0. The lowest BCUT2D eigenvalue weighted by molar-refractivity contribution is 0.103. The van der Waals surface area contributed by atoms with Gasteiger partial charge in [0, 0.05) is 17.8 Å². The lowest BCUT2D eigenvalue weighted by Crippen LogP contribution is -2.30. The van der Waals surface area contributed by atoms with E-state index in [4.69, 9.17) is 0 Å². The van der Waals surface area contributed by atoms with Gasteiger partial charge in [0.15, 0.2) is 5.82 Å². The Morgan fingerprint density at radius 3 is 2.61 bits per heavy atom. The number of nitrogens with zero attached hydrogens (tertiary/aromatic N) is 2. The molecule has 0 aliphatic heterocycles. The van der Waals surface area contributed by atoms with Crippen LogP contribution in [0.3, 0.4) is 0 Å². The minimum Gasteiger partial charge on any atom is -0.345 e. The van der Waals surface area contributed by atoms with Gasteiger partial charge in [-0.2, -0.15) is 0 Å². The topological polar surface area (TPSA) is 105 Å². The van der Waals surface area contributed by atoms with Gasteiger partial charge in [-0.1, -0.05) is 13.8 Å². The number of anilines is 1. The summed E-state index contributed by atoms with van der Waals surface area (Å²) in [6.07, 6.45) is 3.89. The molecule has 0 aliphatic rings. The van der Waals surface area contributed by atoms with Crippen molar-refractivity contribution in [3.63, 3.8) is 0 Å². The summed E-state index contributed by atoms with van der Waals surface area (Å²) in [6.45, 7) is 4.89. The van der Waals surface area contributed by atoms with Crippen molar-refractivity contribution in [2.75, 3.05) is 4.72 Å². The van der Waals surface area contributed by atoms with Gasteiger partial charge in [0.1, 0.15) is 17.8 Å². The zero-order valence-electron chi connectivity index (χ0n) is 15.3.